The van der Waals surface area contributed by atoms with Crippen LogP contribution in [0.15, 0.2) is 65.4 Å². The van der Waals surface area contributed by atoms with E-state index in [0.717, 1.165) is 11.1 Å². The van der Waals surface area contributed by atoms with Gasteiger partial charge >= 0.3 is 0 Å². The third-order valence-electron chi connectivity index (χ3n) is 4.03. The van der Waals surface area contributed by atoms with Crippen molar-refractivity contribution in [3.8, 4) is 5.75 Å². The predicted molar refractivity (Wildman–Crippen MR) is 104 cm³/mol. The molecule has 0 aliphatic heterocycles. The van der Waals surface area contributed by atoms with Crippen LogP contribution in [0.5, 0.6) is 5.75 Å². The maximum Gasteiger partial charge on any atom is 0.261 e. The summed E-state index contributed by atoms with van der Waals surface area (Å²) in [5.41, 5.74) is 2.09. The second-order valence-electron chi connectivity index (χ2n) is 6.02. The first kappa shape index (κ1) is 19.1. The fourth-order valence-electron chi connectivity index (χ4n) is 2.59. The molecule has 1 heterocycles. The highest BCUT2D eigenvalue weighted by atomic mass is 79.9. The molecule has 27 heavy (non-hydrogen) atoms. The third-order valence-corrected chi connectivity index (χ3v) is 4.65. The molecule has 0 radical (unpaired) electrons. The van der Waals surface area contributed by atoms with E-state index in [1.807, 2.05) is 41.2 Å². The lowest BCUT2D eigenvalue weighted by molar-refractivity contribution is -0.127. The lowest BCUT2D eigenvalue weighted by Gasteiger charge is -2.17. The highest BCUT2D eigenvalue weighted by Crippen LogP contribution is 2.26. The third kappa shape index (κ3) is 5.17. The number of benzene rings is 2. The number of hydrogen-bond donors (Lipinski definition) is 1. The lowest BCUT2D eigenvalue weighted by Crippen LogP contribution is -2.36. The maximum absolute atomic E-state index is 13.2. The molecule has 5 nitrogen and oxygen atoms in total. The summed E-state index contributed by atoms with van der Waals surface area (Å²) in [5.74, 6) is -0.210. The minimum atomic E-state index is -0.718. The molecule has 1 unspecified atom stereocenters. The number of rotatable bonds is 7. The van der Waals surface area contributed by atoms with Crippen molar-refractivity contribution >= 4 is 21.8 Å². The van der Waals surface area contributed by atoms with Crippen molar-refractivity contribution < 1.29 is 13.9 Å². The van der Waals surface area contributed by atoms with E-state index in [0.29, 0.717) is 23.3 Å². The minimum absolute atomic E-state index is 0.250. The molecule has 1 atom stereocenters. The molecule has 0 bridgehead atoms. The normalized spacial score (nSPS) is 11.8. The van der Waals surface area contributed by atoms with Crippen molar-refractivity contribution in [3.63, 3.8) is 0 Å². The highest BCUT2D eigenvalue weighted by molar-refractivity contribution is 9.10. The van der Waals surface area contributed by atoms with Crippen LogP contribution >= 0.6 is 15.9 Å². The molecule has 0 aliphatic carbocycles. The fourth-order valence-corrected chi connectivity index (χ4v) is 3.04. The summed E-state index contributed by atoms with van der Waals surface area (Å²) in [4.78, 5) is 12.4. The molecule has 1 amide bonds. The summed E-state index contributed by atoms with van der Waals surface area (Å²) in [6.45, 7) is 2.67. The van der Waals surface area contributed by atoms with Gasteiger partial charge in [-0.15, -0.1) is 0 Å². The molecule has 7 heteroatoms. The summed E-state index contributed by atoms with van der Waals surface area (Å²) in [6.07, 6.45) is 2.91. The van der Waals surface area contributed by atoms with Gasteiger partial charge in [0.1, 0.15) is 11.6 Å². The van der Waals surface area contributed by atoms with E-state index in [1.165, 1.54) is 18.2 Å². The van der Waals surface area contributed by atoms with Gasteiger partial charge in [-0.2, -0.15) is 5.10 Å². The number of nitrogens with zero attached hydrogens (tertiary/aromatic N) is 2. The highest BCUT2D eigenvalue weighted by Gasteiger charge is 2.16. The van der Waals surface area contributed by atoms with Gasteiger partial charge in [-0.05, 0) is 58.2 Å². The lowest BCUT2D eigenvalue weighted by atomic mass is 10.1. The van der Waals surface area contributed by atoms with E-state index >= 15 is 0 Å². The number of carbonyl (C=O) groups is 1. The van der Waals surface area contributed by atoms with E-state index in [4.69, 9.17) is 4.74 Å². The molecule has 1 aromatic heterocycles. The van der Waals surface area contributed by atoms with Crippen molar-refractivity contribution in [3.05, 3.63) is 82.3 Å². The molecule has 0 spiro atoms. The molecule has 140 valence electrons. The van der Waals surface area contributed by atoms with Crippen LogP contribution in [0.2, 0.25) is 0 Å². The smallest absolute Gasteiger partial charge is 0.261 e. The Morgan fingerprint density at radius 3 is 2.74 bits per heavy atom. The molecule has 2 aromatic carbocycles. The number of amides is 1. The molecule has 0 aliphatic rings. The first-order valence-corrected chi connectivity index (χ1v) is 9.26. The number of halogens is 2. The summed E-state index contributed by atoms with van der Waals surface area (Å²) < 4.78 is 21.1. The van der Waals surface area contributed by atoms with E-state index in [2.05, 4.69) is 26.3 Å². The molecule has 0 saturated carbocycles. The number of hydrogen-bond acceptors (Lipinski definition) is 3. The van der Waals surface area contributed by atoms with Crippen molar-refractivity contribution in [2.24, 2.45) is 0 Å². The second kappa shape index (κ2) is 8.81. The summed E-state index contributed by atoms with van der Waals surface area (Å²) in [7, 11) is 0. The van der Waals surface area contributed by atoms with Gasteiger partial charge in [0.2, 0.25) is 0 Å². The minimum Gasteiger partial charge on any atom is -0.480 e. The molecule has 3 aromatic rings. The summed E-state index contributed by atoms with van der Waals surface area (Å²) in [6, 6.07) is 13.8. The van der Waals surface area contributed by atoms with E-state index in [9.17, 15) is 9.18 Å². The van der Waals surface area contributed by atoms with Gasteiger partial charge in [0.15, 0.2) is 6.10 Å². The zero-order chi connectivity index (χ0) is 19.2. The monoisotopic (exact) mass is 431 g/mol. The van der Waals surface area contributed by atoms with Crippen LogP contribution in [0.1, 0.15) is 18.1 Å². The molecule has 0 saturated heterocycles. The van der Waals surface area contributed by atoms with Crippen LogP contribution in [0, 0.1) is 5.82 Å². The SMILES string of the molecule is CC(Oc1ccc(F)cc1Br)C(=O)NCc1ccccc1Cn1cccn1. The molecular weight excluding hydrogens is 413 g/mol. The molecular formula is C20H19BrFN3O2. The Balaban J connectivity index is 1.60. The number of nitrogens with one attached hydrogen (secondary N) is 1. The van der Waals surface area contributed by atoms with Crippen LogP contribution in [0.3, 0.4) is 0 Å². The summed E-state index contributed by atoms with van der Waals surface area (Å²) >= 11 is 3.23. The van der Waals surface area contributed by atoms with E-state index < -0.39 is 6.10 Å². The first-order chi connectivity index (χ1) is 13.0. The topological polar surface area (TPSA) is 56.1 Å². The van der Waals surface area contributed by atoms with E-state index in [-0.39, 0.29) is 11.7 Å². The Morgan fingerprint density at radius 2 is 2.04 bits per heavy atom. The average molecular weight is 432 g/mol. The van der Waals surface area contributed by atoms with Gasteiger partial charge in [-0.3, -0.25) is 9.48 Å². The first-order valence-electron chi connectivity index (χ1n) is 8.46. The Labute approximate surface area is 165 Å². The van der Waals surface area contributed by atoms with Crippen molar-refractivity contribution in [2.45, 2.75) is 26.1 Å². The summed E-state index contributed by atoms with van der Waals surface area (Å²) in [5, 5.41) is 7.10. The second-order valence-corrected chi connectivity index (χ2v) is 6.88. The van der Waals surface area contributed by atoms with Gasteiger partial charge in [-0.25, -0.2) is 4.39 Å². The van der Waals surface area contributed by atoms with Gasteiger partial charge in [0.05, 0.1) is 11.0 Å². The van der Waals surface area contributed by atoms with Crippen LogP contribution in [-0.4, -0.2) is 21.8 Å². The van der Waals surface area contributed by atoms with Crippen molar-refractivity contribution in [1.29, 1.82) is 0 Å². The number of ether oxygens (including phenoxy) is 1. The number of aromatic nitrogens is 2. The van der Waals surface area contributed by atoms with Gasteiger partial charge in [0, 0.05) is 18.9 Å². The Bertz CT molecular complexity index is 915. The standard InChI is InChI=1S/C20H19BrFN3O2/c1-14(27-19-8-7-17(22)11-18(19)21)20(26)23-12-15-5-2-3-6-16(15)13-25-10-4-9-24-25/h2-11,14H,12-13H2,1H3,(H,23,26). The molecule has 3 rings (SSSR count). The van der Waals surface area contributed by atoms with Crippen LogP contribution in [-0.2, 0) is 17.9 Å². The van der Waals surface area contributed by atoms with Gasteiger partial charge in [-0.1, -0.05) is 24.3 Å². The predicted octanol–water partition coefficient (Wildman–Crippen LogP) is 3.92. The molecule has 0 fully saturated rings. The Morgan fingerprint density at radius 1 is 1.26 bits per heavy atom. The number of carbonyl (C=O) groups excluding carboxylic acids is 1. The van der Waals surface area contributed by atoms with Crippen molar-refractivity contribution in [2.75, 3.05) is 0 Å². The largest absolute Gasteiger partial charge is 0.480 e. The molecule has 1 N–H and O–H groups in total. The quantitative estimate of drug-likeness (QED) is 0.616. The van der Waals surface area contributed by atoms with Crippen molar-refractivity contribution in [1.82, 2.24) is 15.1 Å². The van der Waals surface area contributed by atoms with Gasteiger partial charge in [0.25, 0.3) is 5.91 Å². The zero-order valence-corrected chi connectivity index (χ0v) is 16.3. The fraction of sp³-hybridized carbons (Fsp3) is 0.200. The van der Waals surface area contributed by atoms with Crippen LogP contribution in [0.25, 0.3) is 0 Å². The van der Waals surface area contributed by atoms with Crippen LogP contribution in [0.4, 0.5) is 4.39 Å². The van der Waals surface area contributed by atoms with Crippen LogP contribution < -0.4 is 10.1 Å². The Hall–Kier alpha value is -2.67. The maximum atomic E-state index is 13.2. The average Bonchev–Trinajstić information content (AvgIpc) is 3.16. The van der Waals surface area contributed by atoms with Gasteiger partial charge < -0.3 is 10.1 Å². The Kier molecular flexibility index (Phi) is 6.24. The van der Waals surface area contributed by atoms with E-state index in [1.54, 1.807) is 13.1 Å². The zero-order valence-electron chi connectivity index (χ0n) is 14.7.